The lowest BCUT2D eigenvalue weighted by Gasteiger charge is -2.12. The summed E-state index contributed by atoms with van der Waals surface area (Å²) in [6.45, 7) is 0. The number of fused-ring (bicyclic) bond motifs is 11. The fourth-order valence-electron chi connectivity index (χ4n) is 8.83. The summed E-state index contributed by atoms with van der Waals surface area (Å²) in [6, 6.07) is 66.3. The van der Waals surface area contributed by atoms with Crippen LogP contribution in [0.25, 0.3) is 110 Å². The van der Waals surface area contributed by atoms with Crippen molar-refractivity contribution in [3.63, 3.8) is 0 Å². The molecule has 9 aromatic carbocycles. The van der Waals surface area contributed by atoms with Gasteiger partial charge in [0, 0.05) is 43.4 Å². The van der Waals surface area contributed by atoms with E-state index < -0.39 is 0 Å². The minimum atomic E-state index is 0.906. The van der Waals surface area contributed by atoms with Gasteiger partial charge in [0.1, 0.15) is 11.2 Å². The largest absolute Gasteiger partial charge is 0.456 e. The summed E-state index contributed by atoms with van der Waals surface area (Å²) in [7, 11) is 0. The summed E-state index contributed by atoms with van der Waals surface area (Å²) in [5, 5.41) is 12.2. The molecule has 0 unspecified atom stereocenters. The average molecular weight is 675 g/mol. The van der Waals surface area contributed by atoms with Gasteiger partial charge in [-0.3, -0.25) is 0 Å². The minimum Gasteiger partial charge on any atom is -0.456 e. The Morgan fingerprint density at radius 1 is 0.302 bits per heavy atom. The summed E-state index contributed by atoms with van der Waals surface area (Å²) in [4.78, 5) is 0. The standard InChI is InChI=1S/C50H30N2O/c1-2-12-33-29-48-42(26-32(33)11-1)41-28-35(21-24-47(41)52(48)44-18-9-13-31-10-3-4-14-37(31)44)34-20-23-46-40(27-34)38-15-5-7-17-45(38)51(46)36-22-25-50-43(30-36)39-16-6-8-19-49(39)53-50/h1-30H. The zero-order valence-electron chi connectivity index (χ0n) is 28.6. The molecule has 0 atom stereocenters. The molecule has 0 amide bonds. The Labute approximate surface area is 304 Å². The maximum absolute atomic E-state index is 6.18. The molecule has 53 heavy (non-hydrogen) atoms. The first-order valence-electron chi connectivity index (χ1n) is 18.2. The highest BCUT2D eigenvalue weighted by molar-refractivity contribution is 6.16. The molecule has 0 fully saturated rings. The van der Waals surface area contributed by atoms with Crippen LogP contribution in [0.5, 0.6) is 0 Å². The number of hydrogen-bond acceptors (Lipinski definition) is 1. The molecule has 3 aromatic heterocycles. The van der Waals surface area contributed by atoms with Crippen LogP contribution >= 0.6 is 0 Å². The molecule has 0 saturated carbocycles. The molecule has 0 aliphatic rings. The molecule has 3 heterocycles. The molecule has 246 valence electrons. The van der Waals surface area contributed by atoms with E-state index in [1.54, 1.807) is 0 Å². The maximum atomic E-state index is 6.18. The maximum Gasteiger partial charge on any atom is 0.135 e. The second-order valence-corrected chi connectivity index (χ2v) is 14.1. The van der Waals surface area contributed by atoms with Gasteiger partial charge in [-0.1, -0.05) is 109 Å². The van der Waals surface area contributed by atoms with Crippen molar-refractivity contribution in [2.75, 3.05) is 0 Å². The number of aromatic nitrogens is 2. The van der Waals surface area contributed by atoms with Crippen LogP contribution in [-0.2, 0) is 0 Å². The van der Waals surface area contributed by atoms with Gasteiger partial charge < -0.3 is 13.6 Å². The van der Waals surface area contributed by atoms with Crippen molar-refractivity contribution in [1.82, 2.24) is 9.13 Å². The summed E-state index contributed by atoms with van der Waals surface area (Å²) >= 11 is 0. The molecule has 12 rings (SSSR count). The van der Waals surface area contributed by atoms with Gasteiger partial charge in [0.05, 0.1) is 27.8 Å². The summed E-state index contributed by atoms with van der Waals surface area (Å²) in [5.74, 6) is 0. The zero-order chi connectivity index (χ0) is 34.6. The fraction of sp³-hybridized carbons (Fsp3) is 0. The van der Waals surface area contributed by atoms with Crippen molar-refractivity contribution in [2.24, 2.45) is 0 Å². The first kappa shape index (κ1) is 28.6. The quantitative estimate of drug-likeness (QED) is 0.183. The Kier molecular flexibility index (Phi) is 5.77. The molecule has 0 aliphatic carbocycles. The summed E-state index contributed by atoms with van der Waals surface area (Å²) in [6.07, 6.45) is 0. The first-order valence-corrected chi connectivity index (χ1v) is 18.2. The highest BCUT2D eigenvalue weighted by Gasteiger charge is 2.18. The van der Waals surface area contributed by atoms with E-state index in [1.165, 1.54) is 82.0 Å². The van der Waals surface area contributed by atoms with E-state index in [9.17, 15) is 0 Å². The van der Waals surface area contributed by atoms with Gasteiger partial charge in [-0.25, -0.2) is 0 Å². The first-order chi connectivity index (χ1) is 26.3. The van der Waals surface area contributed by atoms with Gasteiger partial charge in [-0.05, 0) is 100 Å². The van der Waals surface area contributed by atoms with Crippen LogP contribution in [0, 0.1) is 0 Å². The third-order valence-electron chi connectivity index (χ3n) is 11.3. The second kappa shape index (κ2) is 10.7. The van der Waals surface area contributed by atoms with Crippen molar-refractivity contribution in [3.05, 3.63) is 182 Å². The van der Waals surface area contributed by atoms with E-state index in [-0.39, 0.29) is 0 Å². The Morgan fingerprint density at radius 2 is 0.887 bits per heavy atom. The molecular formula is C50H30N2O. The highest BCUT2D eigenvalue weighted by Crippen LogP contribution is 2.41. The van der Waals surface area contributed by atoms with Crippen molar-refractivity contribution >= 4 is 87.1 Å². The molecule has 3 nitrogen and oxygen atoms in total. The fourth-order valence-corrected chi connectivity index (χ4v) is 8.83. The predicted molar refractivity (Wildman–Crippen MR) is 223 cm³/mol. The van der Waals surface area contributed by atoms with Crippen LogP contribution in [0.4, 0.5) is 0 Å². The van der Waals surface area contributed by atoms with Crippen LogP contribution in [-0.4, -0.2) is 9.13 Å². The van der Waals surface area contributed by atoms with Crippen LogP contribution < -0.4 is 0 Å². The molecule has 0 aliphatic heterocycles. The monoisotopic (exact) mass is 674 g/mol. The molecule has 3 heteroatoms. The van der Waals surface area contributed by atoms with E-state index >= 15 is 0 Å². The van der Waals surface area contributed by atoms with Crippen LogP contribution in [0.2, 0.25) is 0 Å². The molecule has 0 saturated heterocycles. The second-order valence-electron chi connectivity index (χ2n) is 14.1. The number of nitrogens with zero attached hydrogens (tertiary/aromatic N) is 2. The number of hydrogen-bond donors (Lipinski definition) is 0. The molecular weight excluding hydrogens is 645 g/mol. The molecule has 0 N–H and O–H groups in total. The highest BCUT2D eigenvalue weighted by atomic mass is 16.3. The molecule has 12 aromatic rings. The topological polar surface area (TPSA) is 23.0 Å². The smallest absolute Gasteiger partial charge is 0.135 e. The van der Waals surface area contributed by atoms with Gasteiger partial charge in [-0.15, -0.1) is 0 Å². The van der Waals surface area contributed by atoms with E-state index in [0.717, 1.165) is 27.6 Å². The number of rotatable bonds is 3. The summed E-state index contributed by atoms with van der Waals surface area (Å²) < 4.78 is 11.0. The number of para-hydroxylation sites is 2. The number of furan rings is 1. The lowest BCUT2D eigenvalue weighted by atomic mass is 10.00. The molecule has 0 radical (unpaired) electrons. The zero-order valence-corrected chi connectivity index (χ0v) is 28.6. The third kappa shape index (κ3) is 4.10. The third-order valence-corrected chi connectivity index (χ3v) is 11.3. The van der Waals surface area contributed by atoms with Crippen molar-refractivity contribution in [2.45, 2.75) is 0 Å². The van der Waals surface area contributed by atoms with Crippen molar-refractivity contribution < 1.29 is 4.42 Å². The van der Waals surface area contributed by atoms with Crippen LogP contribution in [0.3, 0.4) is 0 Å². The van der Waals surface area contributed by atoms with E-state index in [4.69, 9.17) is 4.42 Å². The lowest BCUT2D eigenvalue weighted by molar-refractivity contribution is 0.669. The van der Waals surface area contributed by atoms with Crippen molar-refractivity contribution in [1.29, 1.82) is 0 Å². The Bertz CT molecular complexity index is 3460. The Balaban J connectivity index is 1.08. The summed E-state index contributed by atoms with van der Waals surface area (Å²) in [5.41, 5.74) is 11.3. The lowest BCUT2D eigenvalue weighted by Crippen LogP contribution is -1.95. The average Bonchev–Trinajstić information content (AvgIpc) is 3.86. The molecule has 0 bridgehead atoms. The molecule has 0 spiro atoms. The van der Waals surface area contributed by atoms with Crippen LogP contribution in [0.1, 0.15) is 0 Å². The predicted octanol–water partition coefficient (Wildman–Crippen LogP) is 13.8. The van der Waals surface area contributed by atoms with Gasteiger partial charge >= 0.3 is 0 Å². The number of benzene rings is 9. The van der Waals surface area contributed by atoms with Crippen molar-refractivity contribution in [3.8, 4) is 22.5 Å². The Hall–Kier alpha value is -7.10. The SMILES string of the molecule is c1ccc2cc3c(cc2c1)c1cc(-c2ccc4c(c2)c2ccccc2n4-c2ccc4oc5ccccc5c4c2)ccc1n3-c1cccc2ccccc12. The minimum absolute atomic E-state index is 0.906. The van der Waals surface area contributed by atoms with E-state index in [0.29, 0.717) is 0 Å². The van der Waals surface area contributed by atoms with Crippen LogP contribution in [0.15, 0.2) is 186 Å². The normalized spacial score (nSPS) is 12.2. The van der Waals surface area contributed by atoms with E-state index in [2.05, 4.69) is 179 Å². The van der Waals surface area contributed by atoms with Gasteiger partial charge in [0.25, 0.3) is 0 Å². The Morgan fingerprint density at radius 3 is 1.72 bits per heavy atom. The van der Waals surface area contributed by atoms with Gasteiger partial charge in [-0.2, -0.15) is 0 Å². The van der Waals surface area contributed by atoms with E-state index in [1.807, 2.05) is 12.1 Å². The van der Waals surface area contributed by atoms with Gasteiger partial charge in [0.15, 0.2) is 0 Å². The van der Waals surface area contributed by atoms with Gasteiger partial charge in [0.2, 0.25) is 0 Å².